The van der Waals surface area contributed by atoms with Crippen molar-refractivity contribution in [2.24, 2.45) is 0 Å². The van der Waals surface area contributed by atoms with Crippen molar-refractivity contribution in [3.05, 3.63) is 72.1 Å². The molecule has 4 rings (SSSR count). The minimum Gasteiger partial charge on any atom is -0.354 e. The van der Waals surface area contributed by atoms with Crippen molar-refractivity contribution in [1.29, 1.82) is 0 Å². The van der Waals surface area contributed by atoms with Crippen molar-refractivity contribution in [3.63, 3.8) is 0 Å². The number of imide groups is 1. The summed E-state index contributed by atoms with van der Waals surface area (Å²) in [6.45, 7) is 0. The van der Waals surface area contributed by atoms with Gasteiger partial charge in [0.1, 0.15) is 5.70 Å². The molecule has 1 aromatic heterocycles. The van der Waals surface area contributed by atoms with Crippen molar-refractivity contribution in [3.8, 4) is 0 Å². The molecular weight excluding hydrogens is 290 g/mol. The minimum absolute atomic E-state index is 0.257. The lowest BCUT2D eigenvalue weighted by Crippen LogP contribution is -2.24. The van der Waals surface area contributed by atoms with E-state index in [9.17, 15) is 9.59 Å². The Morgan fingerprint density at radius 3 is 2.35 bits per heavy atom. The predicted octanol–water partition coefficient (Wildman–Crippen LogP) is 2.65. The average molecular weight is 303 g/mol. The minimum atomic E-state index is -0.424. The van der Waals surface area contributed by atoms with Gasteiger partial charge in [0.15, 0.2) is 0 Å². The molecule has 0 spiro atoms. The number of nitrogens with one attached hydrogen (secondary N) is 3. The van der Waals surface area contributed by atoms with Crippen LogP contribution in [0.1, 0.15) is 5.69 Å². The number of para-hydroxylation sites is 2. The van der Waals surface area contributed by atoms with Gasteiger partial charge in [-0.05, 0) is 24.3 Å². The molecule has 0 aliphatic carbocycles. The number of fused-ring (bicyclic) bond motifs is 1. The van der Waals surface area contributed by atoms with Gasteiger partial charge in [0.2, 0.25) is 0 Å². The van der Waals surface area contributed by atoms with E-state index < -0.39 is 11.8 Å². The first kappa shape index (κ1) is 13.3. The number of aromatic amines is 1. The van der Waals surface area contributed by atoms with Crippen molar-refractivity contribution < 1.29 is 9.59 Å². The Balaban J connectivity index is 1.84. The normalized spacial score (nSPS) is 14.4. The molecule has 23 heavy (non-hydrogen) atoms. The molecule has 0 saturated heterocycles. The maximum Gasteiger partial charge on any atom is 0.275 e. The monoisotopic (exact) mass is 303 g/mol. The first-order valence-electron chi connectivity index (χ1n) is 7.22. The summed E-state index contributed by atoms with van der Waals surface area (Å²) in [7, 11) is 0. The Bertz CT molecular complexity index is 922. The number of carbonyl (C=O) groups is 2. The molecule has 0 fully saturated rings. The van der Waals surface area contributed by atoms with E-state index >= 15 is 0 Å². The van der Waals surface area contributed by atoms with Gasteiger partial charge in [0, 0.05) is 16.6 Å². The van der Waals surface area contributed by atoms with Crippen LogP contribution in [-0.4, -0.2) is 16.8 Å². The summed E-state index contributed by atoms with van der Waals surface area (Å²) in [6, 6.07) is 18.9. The van der Waals surface area contributed by atoms with Crippen molar-refractivity contribution >= 4 is 34.0 Å². The maximum atomic E-state index is 12.2. The second kappa shape index (κ2) is 5.14. The Kier molecular flexibility index (Phi) is 2.98. The lowest BCUT2D eigenvalue weighted by molar-refractivity contribution is -0.123. The molecule has 2 heterocycles. The van der Waals surface area contributed by atoms with Crippen LogP contribution in [0.25, 0.3) is 16.5 Å². The number of amides is 2. The van der Waals surface area contributed by atoms with Crippen LogP contribution in [0.3, 0.4) is 0 Å². The van der Waals surface area contributed by atoms with E-state index in [1.54, 1.807) is 0 Å². The Labute approximate surface area is 132 Å². The van der Waals surface area contributed by atoms with E-state index in [1.807, 2.05) is 60.7 Å². The molecule has 0 saturated carbocycles. The molecule has 3 N–H and O–H groups in total. The summed E-state index contributed by atoms with van der Waals surface area (Å²) in [5.41, 5.74) is 2.87. The van der Waals surface area contributed by atoms with Crippen LogP contribution < -0.4 is 10.6 Å². The molecule has 2 aromatic carbocycles. The highest BCUT2D eigenvalue weighted by molar-refractivity contribution is 6.36. The average Bonchev–Trinajstić information content (AvgIpc) is 3.09. The number of hydrogen-bond acceptors (Lipinski definition) is 3. The molecule has 3 aromatic rings. The summed E-state index contributed by atoms with van der Waals surface area (Å²) in [6.07, 6.45) is 0. The fraction of sp³-hybridized carbons (Fsp3) is 0. The summed E-state index contributed by atoms with van der Waals surface area (Å²) < 4.78 is 0. The summed E-state index contributed by atoms with van der Waals surface area (Å²) in [5.74, 6) is -0.826. The van der Waals surface area contributed by atoms with Gasteiger partial charge >= 0.3 is 0 Å². The van der Waals surface area contributed by atoms with Gasteiger partial charge in [0.25, 0.3) is 11.8 Å². The number of carbonyl (C=O) groups excluding carboxylic acids is 2. The lowest BCUT2D eigenvalue weighted by Gasteiger charge is -2.06. The number of hydrogen-bond donors (Lipinski definition) is 3. The van der Waals surface area contributed by atoms with E-state index in [2.05, 4.69) is 15.6 Å². The van der Waals surface area contributed by atoms with Gasteiger partial charge in [-0.1, -0.05) is 36.4 Å². The van der Waals surface area contributed by atoms with Crippen LogP contribution in [0.15, 0.2) is 66.4 Å². The SMILES string of the molecule is O=C1NC(=O)C(c2cc3ccccc3[nH]2)=C1Nc1ccccc1. The van der Waals surface area contributed by atoms with E-state index in [1.165, 1.54) is 0 Å². The fourth-order valence-corrected chi connectivity index (χ4v) is 2.71. The standard InChI is InChI=1S/C18H13N3O2/c22-17-15(14-10-11-6-4-5-9-13(11)20-14)16(18(23)21-17)19-12-7-2-1-3-8-12/h1-10,20H,(H2,19,21,22,23). The third kappa shape index (κ3) is 2.28. The molecule has 0 atom stereocenters. The van der Waals surface area contributed by atoms with Crippen molar-refractivity contribution in [2.75, 3.05) is 5.32 Å². The van der Waals surface area contributed by atoms with Crippen LogP contribution >= 0.6 is 0 Å². The predicted molar refractivity (Wildman–Crippen MR) is 88.4 cm³/mol. The zero-order valence-electron chi connectivity index (χ0n) is 12.1. The first-order chi connectivity index (χ1) is 11.2. The smallest absolute Gasteiger partial charge is 0.275 e. The van der Waals surface area contributed by atoms with Gasteiger partial charge in [-0.3, -0.25) is 14.9 Å². The number of H-pyrrole nitrogens is 1. The molecule has 0 radical (unpaired) electrons. The molecule has 5 heteroatoms. The highest BCUT2D eigenvalue weighted by Gasteiger charge is 2.32. The van der Waals surface area contributed by atoms with Gasteiger partial charge in [-0.25, -0.2) is 0 Å². The molecule has 0 bridgehead atoms. The van der Waals surface area contributed by atoms with Gasteiger partial charge in [-0.2, -0.15) is 0 Å². The fourth-order valence-electron chi connectivity index (χ4n) is 2.71. The second-order valence-electron chi connectivity index (χ2n) is 5.29. The van der Waals surface area contributed by atoms with Crippen LogP contribution in [-0.2, 0) is 9.59 Å². The van der Waals surface area contributed by atoms with E-state index in [0.717, 1.165) is 16.6 Å². The molecule has 5 nitrogen and oxygen atoms in total. The highest BCUT2D eigenvalue weighted by atomic mass is 16.2. The molecule has 0 unspecified atom stereocenters. The summed E-state index contributed by atoms with van der Waals surface area (Å²) in [4.78, 5) is 27.5. The van der Waals surface area contributed by atoms with Gasteiger partial charge in [-0.15, -0.1) is 0 Å². The van der Waals surface area contributed by atoms with Crippen LogP contribution in [0.4, 0.5) is 5.69 Å². The van der Waals surface area contributed by atoms with Crippen molar-refractivity contribution in [1.82, 2.24) is 10.3 Å². The first-order valence-corrected chi connectivity index (χ1v) is 7.22. The lowest BCUT2D eigenvalue weighted by atomic mass is 10.1. The molecule has 1 aliphatic rings. The van der Waals surface area contributed by atoms with E-state index in [-0.39, 0.29) is 5.70 Å². The summed E-state index contributed by atoms with van der Waals surface area (Å²) in [5, 5.41) is 6.37. The Hall–Kier alpha value is -3.34. The van der Waals surface area contributed by atoms with Crippen molar-refractivity contribution in [2.45, 2.75) is 0 Å². The van der Waals surface area contributed by atoms with E-state index in [4.69, 9.17) is 0 Å². The number of benzene rings is 2. The Morgan fingerprint density at radius 2 is 1.57 bits per heavy atom. The molecule has 1 aliphatic heterocycles. The molecular formula is C18H13N3O2. The zero-order chi connectivity index (χ0) is 15.8. The molecule has 112 valence electrons. The molecule has 2 amide bonds. The van der Waals surface area contributed by atoms with Gasteiger partial charge < -0.3 is 10.3 Å². The highest BCUT2D eigenvalue weighted by Crippen LogP contribution is 2.27. The number of anilines is 1. The zero-order valence-corrected chi connectivity index (χ0v) is 12.1. The topological polar surface area (TPSA) is 74.0 Å². The maximum absolute atomic E-state index is 12.2. The third-order valence-electron chi connectivity index (χ3n) is 3.77. The summed E-state index contributed by atoms with van der Waals surface area (Å²) >= 11 is 0. The Morgan fingerprint density at radius 1 is 0.826 bits per heavy atom. The number of aromatic nitrogens is 1. The van der Waals surface area contributed by atoms with Crippen LogP contribution in [0.2, 0.25) is 0 Å². The quantitative estimate of drug-likeness (QED) is 0.651. The number of rotatable bonds is 3. The van der Waals surface area contributed by atoms with E-state index in [0.29, 0.717) is 11.3 Å². The van der Waals surface area contributed by atoms with Crippen LogP contribution in [0.5, 0.6) is 0 Å². The van der Waals surface area contributed by atoms with Gasteiger partial charge in [0.05, 0.1) is 11.3 Å². The largest absolute Gasteiger partial charge is 0.354 e. The van der Waals surface area contributed by atoms with Crippen LogP contribution in [0, 0.1) is 0 Å². The second-order valence-corrected chi connectivity index (χ2v) is 5.29. The third-order valence-corrected chi connectivity index (χ3v) is 3.77.